The quantitative estimate of drug-likeness (QED) is 0.0394. The zero-order chi connectivity index (χ0) is 58.4. The van der Waals surface area contributed by atoms with E-state index in [2.05, 4.69) is 159 Å². The van der Waals surface area contributed by atoms with Gasteiger partial charge < -0.3 is 18.9 Å². The number of fused-ring (bicyclic) bond motifs is 8. The highest BCUT2D eigenvalue weighted by molar-refractivity contribution is 8.01. The van der Waals surface area contributed by atoms with Gasteiger partial charge in [-0.15, -0.1) is 0 Å². The van der Waals surface area contributed by atoms with E-state index in [4.69, 9.17) is 18.9 Å². The number of rotatable bonds is 32. The van der Waals surface area contributed by atoms with Gasteiger partial charge in [0.2, 0.25) is 0 Å². The number of unbranched alkanes of at least 4 members (excludes halogenated alkanes) is 20. The van der Waals surface area contributed by atoms with Crippen LogP contribution in [0.4, 0.5) is 0 Å². The minimum atomic E-state index is -0.126. The van der Waals surface area contributed by atoms with Crippen molar-refractivity contribution in [2.24, 2.45) is 0 Å². The topological polar surface area (TPSA) is 36.9 Å². The summed E-state index contributed by atoms with van der Waals surface area (Å²) in [5, 5.41) is 0. The molecule has 0 aromatic heterocycles. The second-order valence-corrected chi connectivity index (χ2v) is 31.4. The summed E-state index contributed by atoms with van der Waals surface area (Å²) in [6.45, 7) is 40.1. The molecule has 0 aliphatic carbocycles. The van der Waals surface area contributed by atoms with Crippen molar-refractivity contribution in [1.82, 2.24) is 0 Å². The van der Waals surface area contributed by atoms with E-state index in [0.717, 1.165) is 87.8 Å². The normalized spacial score (nSPS) is 13.2. The van der Waals surface area contributed by atoms with Crippen LogP contribution in [0.25, 0.3) is 0 Å². The van der Waals surface area contributed by atoms with Gasteiger partial charge in [0.05, 0.1) is 65.6 Å². The van der Waals surface area contributed by atoms with Crippen LogP contribution in [-0.4, -0.2) is 26.4 Å². The Morgan fingerprint density at radius 2 is 0.388 bits per heavy atom. The third-order valence-corrected chi connectivity index (χ3v) is 19.6. The molecule has 8 bridgehead atoms. The SMILES string of the molecule is CCCCCCCCOc1c2cc(C(C)(C)C)cc1Sc1cc(C(C)(C)C)cc(c1OCCCCCCCC)Sc1cc(C(C)(C)C)cc(c1OCCCCCCCC)Sc1cc(C(C)(C)C)cc(c1OCCCCCCCC)S2. The molecule has 1 aliphatic rings. The summed E-state index contributed by atoms with van der Waals surface area (Å²) in [4.78, 5) is 9.11. The Balaban J connectivity index is 1.89. The molecule has 0 saturated carbocycles. The molecule has 1 aliphatic heterocycles. The predicted molar refractivity (Wildman–Crippen MR) is 353 cm³/mol. The molecule has 4 nitrogen and oxygen atoms in total. The standard InChI is InChI=1S/C72H112O4S4/c1-17-21-25-29-33-37-41-73-65-57-45-53(69(5,6)7)46-58(65)78-60-48-55(71(11,12)13)50-62(67(60)75-43-39-35-31-27-23-19-3)80-64-52-56(72(14,15)16)51-63(68(64)76-44-40-36-32-28-24-20-4)79-61-49-54(70(8,9)10)47-59(77-57)66(61)74-42-38-34-30-26-22-18-2/h45-52H,17-44H2,1-16H3. The molecule has 0 saturated heterocycles. The molecule has 5 rings (SSSR count). The van der Waals surface area contributed by atoms with E-state index in [-0.39, 0.29) is 21.7 Å². The van der Waals surface area contributed by atoms with Gasteiger partial charge in [0.15, 0.2) is 0 Å². The minimum absolute atomic E-state index is 0.126. The number of ether oxygens (including phenoxy) is 4. The molecule has 0 radical (unpaired) electrons. The number of hydrogen-bond donors (Lipinski definition) is 0. The Morgan fingerprint density at radius 1 is 0.237 bits per heavy atom. The lowest BCUT2D eigenvalue weighted by Crippen LogP contribution is -2.14. The van der Waals surface area contributed by atoms with Gasteiger partial charge in [0.25, 0.3) is 0 Å². The maximum absolute atomic E-state index is 7.32. The minimum Gasteiger partial charge on any atom is -0.491 e. The molecule has 0 amide bonds. The van der Waals surface area contributed by atoms with Crippen molar-refractivity contribution in [3.05, 3.63) is 70.8 Å². The van der Waals surface area contributed by atoms with Crippen molar-refractivity contribution >= 4 is 47.0 Å². The summed E-state index contributed by atoms with van der Waals surface area (Å²) in [5.41, 5.74) is 4.66. The van der Waals surface area contributed by atoms with Gasteiger partial charge in [-0.25, -0.2) is 0 Å². The molecule has 448 valence electrons. The third-order valence-electron chi connectivity index (χ3n) is 15.4. The van der Waals surface area contributed by atoms with Crippen molar-refractivity contribution in [2.75, 3.05) is 26.4 Å². The second-order valence-electron chi connectivity index (χ2n) is 27.1. The van der Waals surface area contributed by atoms with Crippen LogP contribution in [-0.2, 0) is 21.7 Å². The van der Waals surface area contributed by atoms with E-state index >= 15 is 0 Å². The fourth-order valence-corrected chi connectivity index (χ4v) is 14.7. The highest BCUT2D eigenvalue weighted by Crippen LogP contribution is 2.56. The summed E-state index contributed by atoms with van der Waals surface area (Å²) in [5.74, 6) is 3.86. The Morgan fingerprint density at radius 3 is 0.537 bits per heavy atom. The van der Waals surface area contributed by atoms with E-state index < -0.39 is 0 Å². The van der Waals surface area contributed by atoms with Crippen LogP contribution in [0.3, 0.4) is 0 Å². The summed E-state index contributed by atoms with van der Waals surface area (Å²) in [6, 6.07) is 19.5. The van der Waals surface area contributed by atoms with Gasteiger partial charge in [-0.1, -0.05) is 286 Å². The second kappa shape index (κ2) is 33.8. The molecule has 0 spiro atoms. The molecule has 0 unspecified atom stereocenters. The third kappa shape index (κ3) is 22.2. The van der Waals surface area contributed by atoms with Crippen LogP contribution in [0, 0.1) is 0 Å². The van der Waals surface area contributed by atoms with Crippen molar-refractivity contribution in [3.63, 3.8) is 0 Å². The highest BCUT2D eigenvalue weighted by Gasteiger charge is 2.31. The Hall–Kier alpha value is -2.52. The molecular formula is C72H112O4S4. The zero-order valence-electron chi connectivity index (χ0n) is 53.7. The van der Waals surface area contributed by atoms with Crippen molar-refractivity contribution in [2.45, 2.75) is 326 Å². The summed E-state index contributed by atoms with van der Waals surface area (Å²) in [6.07, 6.45) is 29.0. The van der Waals surface area contributed by atoms with E-state index in [9.17, 15) is 0 Å². The van der Waals surface area contributed by atoms with Crippen LogP contribution < -0.4 is 18.9 Å². The first-order valence-corrected chi connectivity index (χ1v) is 35.3. The van der Waals surface area contributed by atoms with Crippen LogP contribution in [0.5, 0.6) is 23.0 Å². The first-order valence-electron chi connectivity index (χ1n) is 32.1. The number of benzene rings is 4. The fraction of sp³-hybridized carbons (Fsp3) is 0.667. The summed E-state index contributed by atoms with van der Waals surface area (Å²) < 4.78 is 29.3. The molecule has 4 aromatic rings. The Labute approximate surface area is 508 Å². The van der Waals surface area contributed by atoms with Gasteiger partial charge in [-0.2, -0.15) is 0 Å². The average Bonchev–Trinajstić information content (AvgIpc) is 3.38. The van der Waals surface area contributed by atoms with Crippen molar-refractivity contribution in [3.8, 4) is 23.0 Å². The molecule has 0 fully saturated rings. The number of hydrogen-bond acceptors (Lipinski definition) is 8. The maximum Gasteiger partial charge on any atom is 0.147 e. The lowest BCUT2D eigenvalue weighted by Gasteiger charge is -2.28. The van der Waals surface area contributed by atoms with Crippen LogP contribution >= 0.6 is 47.0 Å². The van der Waals surface area contributed by atoms with Crippen LogP contribution in [0.15, 0.2) is 87.7 Å². The maximum atomic E-state index is 7.32. The fourth-order valence-electron chi connectivity index (χ4n) is 9.91. The molecule has 1 heterocycles. The van der Waals surface area contributed by atoms with Gasteiger partial charge in [-0.05, 0) is 118 Å². The van der Waals surface area contributed by atoms with E-state index in [1.54, 1.807) is 0 Å². The van der Waals surface area contributed by atoms with Gasteiger partial charge in [0.1, 0.15) is 23.0 Å². The predicted octanol–water partition coefficient (Wildman–Crippen LogP) is 24.8. The molecule has 4 aromatic carbocycles. The van der Waals surface area contributed by atoms with E-state index in [0.29, 0.717) is 26.4 Å². The molecule has 0 atom stereocenters. The molecule has 80 heavy (non-hydrogen) atoms. The van der Waals surface area contributed by atoms with E-state index in [1.807, 2.05) is 47.0 Å². The smallest absolute Gasteiger partial charge is 0.147 e. The molecular weight excluding hydrogens is 1060 g/mol. The lowest BCUT2D eigenvalue weighted by atomic mass is 9.87. The largest absolute Gasteiger partial charge is 0.491 e. The van der Waals surface area contributed by atoms with Gasteiger partial charge in [-0.3, -0.25) is 0 Å². The van der Waals surface area contributed by atoms with Crippen LogP contribution in [0.1, 0.15) is 287 Å². The zero-order valence-corrected chi connectivity index (χ0v) is 56.9. The van der Waals surface area contributed by atoms with E-state index in [1.165, 1.54) is 151 Å². The Kier molecular flexibility index (Phi) is 28.9. The lowest BCUT2D eigenvalue weighted by molar-refractivity contribution is 0.287. The van der Waals surface area contributed by atoms with Crippen molar-refractivity contribution < 1.29 is 18.9 Å². The summed E-state index contributed by atoms with van der Waals surface area (Å²) in [7, 11) is 0. The molecule has 8 heteroatoms. The monoisotopic (exact) mass is 1170 g/mol. The van der Waals surface area contributed by atoms with Gasteiger partial charge >= 0.3 is 0 Å². The summed E-state index contributed by atoms with van der Waals surface area (Å²) >= 11 is 7.38. The van der Waals surface area contributed by atoms with Crippen LogP contribution in [0.2, 0.25) is 0 Å². The first-order chi connectivity index (χ1) is 38.1. The Bertz CT molecular complexity index is 2030. The average molecular weight is 1170 g/mol. The molecule has 0 N–H and O–H groups in total. The van der Waals surface area contributed by atoms with Crippen molar-refractivity contribution in [1.29, 1.82) is 0 Å². The van der Waals surface area contributed by atoms with Gasteiger partial charge in [0, 0.05) is 0 Å². The first kappa shape index (κ1) is 68.3. The highest BCUT2D eigenvalue weighted by atomic mass is 32.2.